The van der Waals surface area contributed by atoms with Crippen LogP contribution in [-0.4, -0.2) is 22.2 Å². The van der Waals surface area contributed by atoms with Crippen LogP contribution in [0.3, 0.4) is 0 Å². The van der Waals surface area contributed by atoms with Gasteiger partial charge in [0.2, 0.25) is 0 Å². The van der Waals surface area contributed by atoms with Crippen molar-refractivity contribution in [3.05, 3.63) is 83.4 Å². The third-order valence-electron chi connectivity index (χ3n) is 3.40. The zero-order valence-corrected chi connectivity index (χ0v) is 14.6. The van der Waals surface area contributed by atoms with Gasteiger partial charge in [-0.05, 0) is 30.4 Å². The van der Waals surface area contributed by atoms with Crippen LogP contribution in [0.25, 0.3) is 0 Å². The van der Waals surface area contributed by atoms with Crippen molar-refractivity contribution in [2.24, 2.45) is 0 Å². The first kappa shape index (κ1) is 22.1. The average molecular weight is 343 g/mol. The van der Waals surface area contributed by atoms with Crippen molar-refractivity contribution in [3.8, 4) is 0 Å². The summed E-state index contributed by atoms with van der Waals surface area (Å²) in [5, 5.41) is 15.6. The summed E-state index contributed by atoms with van der Waals surface area (Å²) in [6.45, 7) is 4.42. The van der Waals surface area contributed by atoms with Gasteiger partial charge in [0.1, 0.15) is 0 Å². The fourth-order valence-electron chi connectivity index (χ4n) is 2.12. The zero-order chi connectivity index (χ0) is 17.9. The maximum atomic E-state index is 9.55. The summed E-state index contributed by atoms with van der Waals surface area (Å²) in [6.07, 6.45) is 2.23. The molecular weight excluding hydrogens is 318 g/mol. The Labute approximate surface area is 148 Å². The van der Waals surface area contributed by atoms with Gasteiger partial charge in [-0.1, -0.05) is 67.1 Å². The number of aryl methyl sites for hydroxylation is 1. The number of carbonyl (C=O) groups is 2. The maximum Gasteiger partial charge on any atom is 0.328 e. The van der Waals surface area contributed by atoms with Crippen molar-refractivity contribution < 1.29 is 19.8 Å². The van der Waals surface area contributed by atoms with Gasteiger partial charge in [0.15, 0.2) is 0 Å². The molecule has 5 N–H and O–H groups in total. The summed E-state index contributed by atoms with van der Waals surface area (Å²) in [5.41, 5.74) is 4.17. The second-order valence-electron chi connectivity index (χ2n) is 5.51. The Bertz CT molecular complexity index is 663. The van der Waals surface area contributed by atoms with Crippen LogP contribution in [0, 0.1) is 6.92 Å². The highest BCUT2D eigenvalue weighted by Gasteiger charge is 2.05. The standard InChI is InChI=1S/C16H18.C4H4O4.H3N/c1-13-8-10-16(11-9-13)14(2)12-15-6-4-3-5-7-15;5-3(6)1-2-4(7)8;/h3-11,14H,12H2,1-2H3;1-2H,(H,5,6)(H,7,8);1H3. The van der Waals surface area contributed by atoms with E-state index in [1.807, 2.05) is 0 Å². The second-order valence-corrected chi connectivity index (χ2v) is 5.51. The van der Waals surface area contributed by atoms with Crippen LogP contribution >= 0.6 is 0 Å². The molecule has 0 saturated carbocycles. The molecule has 1 unspecified atom stereocenters. The van der Waals surface area contributed by atoms with E-state index in [2.05, 4.69) is 68.4 Å². The summed E-state index contributed by atoms with van der Waals surface area (Å²) < 4.78 is 0. The quantitative estimate of drug-likeness (QED) is 0.704. The molecule has 0 aromatic heterocycles. The molecule has 0 aliphatic rings. The van der Waals surface area contributed by atoms with Crippen molar-refractivity contribution in [2.45, 2.75) is 26.2 Å². The smallest absolute Gasteiger partial charge is 0.328 e. The van der Waals surface area contributed by atoms with Gasteiger partial charge < -0.3 is 16.4 Å². The normalized spacial score (nSPS) is 11.0. The monoisotopic (exact) mass is 343 g/mol. The van der Waals surface area contributed by atoms with Gasteiger partial charge >= 0.3 is 11.9 Å². The Kier molecular flexibility index (Phi) is 10.2. The molecule has 2 aromatic rings. The van der Waals surface area contributed by atoms with E-state index < -0.39 is 11.9 Å². The van der Waals surface area contributed by atoms with Crippen LogP contribution in [0.2, 0.25) is 0 Å². The van der Waals surface area contributed by atoms with Crippen molar-refractivity contribution in [2.75, 3.05) is 0 Å². The number of hydrogen-bond acceptors (Lipinski definition) is 3. The SMILES string of the molecule is Cc1ccc(C(C)Cc2ccccc2)cc1.N.O=C(O)C=CC(=O)O. The van der Waals surface area contributed by atoms with E-state index in [1.165, 1.54) is 16.7 Å². The van der Waals surface area contributed by atoms with Crippen LogP contribution in [-0.2, 0) is 16.0 Å². The molecule has 0 fully saturated rings. The van der Waals surface area contributed by atoms with Gasteiger partial charge in [0.25, 0.3) is 0 Å². The number of rotatable bonds is 5. The van der Waals surface area contributed by atoms with Gasteiger partial charge in [0, 0.05) is 12.2 Å². The highest BCUT2D eigenvalue weighted by atomic mass is 16.4. The first-order chi connectivity index (χ1) is 11.4. The Morgan fingerprint density at radius 3 is 1.84 bits per heavy atom. The molecule has 1 atom stereocenters. The molecule has 5 nitrogen and oxygen atoms in total. The lowest BCUT2D eigenvalue weighted by Crippen LogP contribution is -1.98. The lowest BCUT2D eigenvalue weighted by Gasteiger charge is -2.12. The van der Waals surface area contributed by atoms with Crippen LogP contribution in [0.1, 0.15) is 29.5 Å². The lowest BCUT2D eigenvalue weighted by atomic mass is 9.93. The van der Waals surface area contributed by atoms with Gasteiger partial charge in [-0.3, -0.25) is 0 Å². The molecule has 2 aromatic carbocycles. The largest absolute Gasteiger partial charge is 0.478 e. The van der Waals surface area contributed by atoms with Gasteiger partial charge in [-0.2, -0.15) is 0 Å². The maximum absolute atomic E-state index is 9.55. The van der Waals surface area contributed by atoms with Crippen molar-refractivity contribution in [3.63, 3.8) is 0 Å². The highest BCUT2D eigenvalue weighted by Crippen LogP contribution is 2.20. The van der Waals surface area contributed by atoms with Crippen molar-refractivity contribution in [1.82, 2.24) is 6.15 Å². The average Bonchev–Trinajstić information content (AvgIpc) is 2.55. The Hall–Kier alpha value is -2.92. The number of benzene rings is 2. The third-order valence-corrected chi connectivity index (χ3v) is 3.40. The van der Waals surface area contributed by atoms with Gasteiger partial charge in [-0.25, -0.2) is 9.59 Å². The zero-order valence-electron chi connectivity index (χ0n) is 14.6. The molecule has 0 bridgehead atoms. The predicted molar refractivity (Wildman–Crippen MR) is 99.2 cm³/mol. The molecule has 5 heteroatoms. The van der Waals surface area contributed by atoms with E-state index in [4.69, 9.17) is 10.2 Å². The highest BCUT2D eigenvalue weighted by molar-refractivity contribution is 5.89. The van der Waals surface area contributed by atoms with Crippen molar-refractivity contribution in [1.29, 1.82) is 0 Å². The number of carboxylic acid groups (broad SMARTS) is 2. The predicted octanol–water partition coefficient (Wildman–Crippen LogP) is 4.22. The first-order valence-corrected chi connectivity index (χ1v) is 7.63. The molecule has 2 rings (SSSR count). The number of carboxylic acids is 2. The molecule has 0 spiro atoms. The van der Waals surface area contributed by atoms with Crippen LogP contribution in [0.4, 0.5) is 0 Å². The molecule has 0 radical (unpaired) electrons. The molecule has 0 amide bonds. The lowest BCUT2D eigenvalue weighted by molar-refractivity contribution is -0.134. The molecule has 0 saturated heterocycles. The topological polar surface area (TPSA) is 110 Å². The number of hydrogen-bond donors (Lipinski definition) is 3. The van der Waals surface area contributed by atoms with E-state index >= 15 is 0 Å². The molecule has 0 heterocycles. The van der Waals surface area contributed by atoms with E-state index in [9.17, 15) is 9.59 Å². The van der Waals surface area contributed by atoms with E-state index in [-0.39, 0.29) is 6.15 Å². The summed E-state index contributed by atoms with van der Waals surface area (Å²) in [7, 11) is 0. The van der Waals surface area contributed by atoms with Crippen LogP contribution in [0.5, 0.6) is 0 Å². The Morgan fingerprint density at radius 2 is 1.40 bits per heavy atom. The van der Waals surface area contributed by atoms with Crippen LogP contribution < -0.4 is 6.15 Å². The van der Waals surface area contributed by atoms with E-state index in [1.54, 1.807) is 0 Å². The molecular formula is C20H25NO4. The first-order valence-electron chi connectivity index (χ1n) is 7.63. The second kappa shape index (κ2) is 11.6. The van der Waals surface area contributed by atoms with Crippen molar-refractivity contribution >= 4 is 11.9 Å². The molecule has 25 heavy (non-hydrogen) atoms. The number of aliphatic carboxylic acids is 2. The van der Waals surface area contributed by atoms with Crippen LogP contribution in [0.15, 0.2) is 66.7 Å². The minimum atomic E-state index is -1.26. The summed E-state index contributed by atoms with van der Waals surface area (Å²) >= 11 is 0. The fraction of sp³-hybridized carbons (Fsp3) is 0.200. The summed E-state index contributed by atoms with van der Waals surface area (Å²) in [6, 6.07) is 19.5. The minimum absolute atomic E-state index is 0. The van der Waals surface area contributed by atoms with E-state index in [0.29, 0.717) is 18.1 Å². The summed E-state index contributed by atoms with van der Waals surface area (Å²) in [5.74, 6) is -1.93. The molecule has 0 aliphatic heterocycles. The Morgan fingerprint density at radius 1 is 0.920 bits per heavy atom. The fourth-order valence-corrected chi connectivity index (χ4v) is 2.12. The Balaban J connectivity index is 0.000000552. The molecule has 134 valence electrons. The van der Waals surface area contributed by atoms with Gasteiger partial charge in [-0.15, -0.1) is 0 Å². The van der Waals surface area contributed by atoms with E-state index in [0.717, 1.165) is 6.42 Å². The minimum Gasteiger partial charge on any atom is -0.478 e. The van der Waals surface area contributed by atoms with Gasteiger partial charge in [0.05, 0.1) is 0 Å². The third kappa shape index (κ3) is 9.73. The summed E-state index contributed by atoms with van der Waals surface area (Å²) in [4.78, 5) is 19.1. The molecule has 0 aliphatic carbocycles.